The first-order valence-corrected chi connectivity index (χ1v) is 6.48. The Morgan fingerprint density at radius 2 is 1.79 bits per heavy atom. The predicted octanol–water partition coefficient (Wildman–Crippen LogP) is 3.94. The number of hydrogen-bond donors (Lipinski definition) is 1. The zero-order chi connectivity index (χ0) is 13.2. The monoisotopic (exact) mass is 268 g/mol. The van der Waals surface area contributed by atoms with Gasteiger partial charge in [-0.15, -0.1) is 0 Å². The van der Waals surface area contributed by atoms with Gasteiger partial charge in [0.15, 0.2) is 0 Å². The fraction of sp³-hybridized carbons (Fsp3) is 0.0625. The maximum atomic E-state index is 6.26. The summed E-state index contributed by atoms with van der Waals surface area (Å²) in [6.07, 6.45) is 0. The van der Waals surface area contributed by atoms with Crippen LogP contribution in [0.25, 0.3) is 10.9 Å². The normalized spacial score (nSPS) is 12.5. The van der Waals surface area contributed by atoms with Crippen LogP contribution in [0.2, 0.25) is 5.02 Å². The van der Waals surface area contributed by atoms with Gasteiger partial charge in [-0.1, -0.05) is 48.0 Å². The van der Waals surface area contributed by atoms with Crippen molar-refractivity contribution in [3.05, 3.63) is 76.9 Å². The average molecular weight is 269 g/mol. The number of aromatic nitrogens is 1. The Morgan fingerprint density at radius 1 is 0.947 bits per heavy atom. The predicted molar refractivity (Wildman–Crippen MR) is 79.2 cm³/mol. The number of para-hydroxylation sites is 1. The first-order chi connectivity index (χ1) is 9.24. The van der Waals surface area contributed by atoms with Crippen molar-refractivity contribution in [3.63, 3.8) is 0 Å². The van der Waals surface area contributed by atoms with E-state index in [4.69, 9.17) is 17.3 Å². The molecule has 0 aliphatic rings. The van der Waals surface area contributed by atoms with Gasteiger partial charge in [0, 0.05) is 10.4 Å². The molecule has 1 unspecified atom stereocenters. The molecule has 2 nitrogen and oxygen atoms in total. The Balaban J connectivity index is 2.04. The molecule has 2 aromatic carbocycles. The van der Waals surface area contributed by atoms with Gasteiger partial charge in [-0.2, -0.15) is 0 Å². The van der Waals surface area contributed by atoms with E-state index in [-0.39, 0.29) is 6.04 Å². The second kappa shape index (κ2) is 5.00. The summed E-state index contributed by atoms with van der Waals surface area (Å²) >= 11 is 6.00. The second-order valence-corrected chi connectivity index (χ2v) is 4.90. The molecule has 1 atom stereocenters. The average Bonchev–Trinajstić information content (AvgIpc) is 2.46. The van der Waals surface area contributed by atoms with E-state index in [0.717, 1.165) is 22.2 Å². The minimum absolute atomic E-state index is 0.261. The fourth-order valence-electron chi connectivity index (χ4n) is 2.13. The van der Waals surface area contributed by atoms with Gasteiger partial charge in [-0.25, -0.2) is 0 Å². The van der Waals surface area contributed by atoms with Crippen LogP contribution in [-0.4, -0.2) is 4.98 Å². The molecule has 3 rings (SSSR count). The molecular formula is C16H13ClN2. The number of hydrogen-bond acceptors (Lipinski definition) is 2. The lowest BCUT2D eigenvalue weighted by molar-refractivity contribution is 0.836. The molecule has 0 amide bonds. The van der Waals surface area contributed by atoms with Gasteiger partial charge >= 0.3 is 0 Å². The van der Waals surface area contributed by atoms with Crippen LogP contribution in [0.15, 0.2) is 60.7 Å². The molecule has 1 heterocycles. The number of rotatable bonds is 2. The van der Waals surface area contributed by atoms with Crippen LogP contribution >= 0.6 is 11.6 Å². The van der Waals surface area contributed by atoms with E-state index in [1.54, 1.807) is 0 Å². The lowest BCUT2D eigenvalue weighted by atomic mass is 10.0. The van der Waals surface area contributed by atoms with Gasteiger partial charge in [0.25, 0.3) is 0 Å². The van der Waals surface area contributed by atoms with Crippen LogP contribution in [0.3, 0.4) is 0 Å². The molecule has 1 aromatic heterocycles. The molecule has 0 saturated carbocycles. The highest BCUT2D eigenvalue weighted by atomic mass is 35.5. The van der Waals surface area contributed by atoms with Gasteiger partial charge in [0.1, 0.15) is 0 Å². The van der Waals surface area contributed by atoms with Crippen LogP contribution in [0, 0.1) is 0 Å². The molecule has 0 bridgehead atoms. The van der Waals surface area contributed by atoms with Crippen molar-refractivity contribution >= 4 is 22.5 Å². The van der Waals surface area contributed by atoms with Crippen molar-refractivity contribution in [3.8, 4) is 0 Å². The molecule has 0 saturated heterocycles. The number of nitrogens with two attached hydrogens (primary N) is 1. The van der Waals surface area contributed by atoms with E-state index in [9.17, 15) is 0 Å². The Morgan fingerprint density at radius 3 is 2.63 bits per heavy atom. The standard InChI is InChI=1S/C16H13ClN2/c17-13-6-3-5-12(10-13)16(18)15-9-8-11-4-1-2-7-14(11)19-15/h1-10,16H,18H2. The van der Waals surface area contributed by atoms with Crippen LogP contribution < -0.4 is 5.73 Å². The minimum Gasteiger partial charge on any atom is -0.319 e. The first-order valence-electron chi connectivity index (χ1n) is 6.11. The highest BCUT2D eigenvalue weighted by Crippen LogP contribution is 2.22. The minimum atomic E-state index is -0.261. The number of nitrogens with zero attached hydrogens (tertiary/aromatic N) is 1. The smallest absolute Gasteiger partial charge is 0.0727 e. The molecule has 94 valence electrons. The highest BCUT2D eigenvalue weighted by molar-refractivity contribution is 6.30. The summed E-state index contributed by atoms with van der Waals surface area (Å²) in [4.78, 5) is 4.61. The Hall–Kier alpha value is -1.90. The SMILES string of the molecule is NC(c1cccc(Cl)c1)c1ccc2ccccc2n1. The quantitative estimate of drug-likeness (QED) is 0.765. The van der Waals surface area contributed by atoms with E-state index < -0.39 is 0 Å². The van der Waals surface area contributed by atoms with Gasteiger partial charge < -0.3 is 5.73 Å². The number of benzene rings is 2. The van der Waals surface area contributed by atoms with E-state index >= 15 is 0 Å². The van der Waals surface area contributed by atoms with Crippen molar-refractivity contribution in [2.45, 2.75) is 6.04 Å². The van der Waals surface area contributed by atoms with Crippen LogP contribution in [-0.2, 0) is 0 Å². The molecular weight excluding hydrogens is 256 g/mol. The molecule has 19 heavy (non-hydrogen) atoms. The van der Waals surface area contributed by atoms with Crippen molar-refractivity contribution in [2.24, 2.45) is 5.73 Å². The summed E-state index contributed by atoms with van der Waals surface area (Å²) in [6, 6.07) is 19.3. The summed E-state index contributed by atoms with van der Waals surface area (Å²) < 4.78 is 0. The van der Waals surface area contributed by atoms with Crippen LogP contribution in [0.1, 0.15) is 17.3 Å². The molecule has 0 spiro atoms. The van der Waals surface area contributed by atoms with E-state index in [1.807, 2.05) is 60.7 Å². The van der Waals surface area contributed by atoms with E-state index in [1.165, 1.54) is 0 Å². The van der Waals surface area contributed by atoms with Gasteiger partial charge in [-0.3, -0.25) is 4.98 Å². The third kappa shape index (κ3) is 2.46. The summed E-state index contributed by atoms with van der Waals surface area (Å²) in [6.45, 7) is 0. The van der Waals surface area contributed by atoms with Crippen LogP contribution in [0.4, 0.5) is 0 Å². The Kier molecular flexibility index (Phi) is 3.20. The van der Waals surface area contributed by atoms with Gasteiger partial charge in [-0.05, 0) is 29.8 Å². The van der Waals surface area contributed by atoms with Crippen molar-refractivity contribution in [1.29, 1.82) is 0 Å². The van der Waals surface area contributed by atoms with Gasteiger partial charge in [0.2, 0.25) is 0 Å². The summed E-state index contributed by atoms with van der Waals surface area (Å²) in [5, 5.41) is 1.80. The second-order valence-electron chi connectivity index (χ2n) is 4.46. The Labute approximate surface area is 116 Å². The number of halogens is 1. The molecule has 0 aliphatic carbocycles. The maximum absolute atomic E-state index is 6.26. The van der Waals surface area contributed by atoms with Gasteiger partial charge in [0.05, 0.1) is 17.3 Å². The van der Waals surface area contributed by atoms with E-state index in [0.29, 0.717) is 5.02 Å². The summed E-state index contributed by atoms with van der Waals surface area (Å²) in [7, 11) is 0. The number of pyridine rings is 1. The van der Waals surface area contributed by atoms with Crippen molar-refractivity contribution in [1.82, 2.24) is 4.98 Å². The lowest BCUT2D eigenvalue weighted by Crippen LogP contribution is -2.13. The van der Waals surface area contributed by atoms with Crippen molar-refractivity contribution in [2.75, 3.05) is 0 Å². The zero-order valence-corrected chi connectivity index (χ0v) is 11.0. The largest absolute Gasteiger partial charge is 0.319 e. The van der Waals surface area contributed by atoms with Crippen LogP contribution in [0.5, 0.6) is 0 Å². The topological polar surface area (TPSA) is 38.9 Å². The van der Waals surface area contributed by atoms with E-state index in [2.05, 4.69) is 4.98 Å². The Bertz CT molecular complexity index is 725. The zero-order valence-electron chi connectivity index (χ0n) is 10.3. The highest BCUT2D eigenvalue weighted by Gasteiger charge is 2.11. The molecule has 3 heteroatoms. The molecule has 0 fully saturated rings. The molecule has 2 N–H and O–H groups in total. The third-order valence-corrected chi connectivity index (χ3v) is 3.38. The summed E-state index contributed by atoms with van der Waals surface area (Å²) in [5.41, 5.74) is 9.03. The molecule has 0 radical (unpaired) electrons. The number of fused-ring (bicyclic) bond motifs is 1. The third-order valence-electron chi connectivity index (χ3n) is 3.15. The molecule has 0 aliphatic heterocycles. The molecule has 3 aromatic rings. The maximum Gasteiger partial charge on any atom is 0.0727 e. The fourth-order valence-corrected chi connectivity index (χ4v) is 2.32. The lowest BCUT2D eigenvalue weighted by Gasteiger charge is -2.12. The van der Waals surface area contributed by atoms with Crippen molar-refractivity contribution < 1.29 is 0 Å². The summed E-state index contributed by atoms with van der Waals surface area (Å²) in [5.74, 6) is 0. The first kappa shape index (κ1) is 12.2.